The maximum Gasteiger partial charge on any atom is 0.163 e. The fraction of sp³-hybridized carbons (Fsp3) is 0.0794. The number of fused-ring (bicyclic) bond motifs is 17. The summed E-state index contributed by atoms with van der Waals surface area (Å²) in [5, 5.41) is 13.1. The Kier molecular flexibility index (Phi) is 7.96. The lowest BCUT2D eigenvalue weighted by molar-refractivity contribution is 0.269. The third-order valence-corrected chi connectivity index (χ3v) is 16.5. The standard InChI is InChI=1S/C63H40N4O2S/c1-2-14-38-32-53-50(29-37(38)13-1)58-42-15-5-3-11-35(42)22-26-52(58)67(53)41-33-49-46-25-21-36-12-4-6-16-43(36)59(46)69-60(49)51(34-41)63-65-61(39-23-27-55-47(30-39)44-17-7-9-19-54(44)68-55)64-62(66-63)40-24-28-57-48(31-40)45-18-8-10-20-56(45)70-57/h1-31,33-34,44,53-54,62H,32H2,(H,64,65,66). The van der Waals surface area contributed by atoms with Crippen molar-refractivity contribution in [3.63, 3.8) is 0 Å². The van der Waals surface area contributed by atoms with Crippen molar-refractivity contribution in [2.45, 2.75) is 30.7 Å². The molecule has 2 aromatic heterocycles. The number of anilines is 2. The first-order chi connectivity index (χ1) is 34.6. The Morgan fingerprint density at radius 1 is 0.629 bits per heavy atom. The van der Waals surface area contributed by atoms with Crippen molar-refractivity contribution in [1.82, 2.24) is 5.32 Å². The lowest BCUT2D eigenvalue weighted by atomic mass is 9.85. The second-order valence-corrected chi connectivity index (χ2v) is 20.2. The van der Waals surface area contributed by atoms with E-state index >= 15 is 0 Å². The quantitative estimate of drug-likeness (QED) is 0.191. The molecule has 0 bridgehead atoms. The summed E-state index contributed by atoms with van der Waals surface area (Å²) in [6.07, 6.45) is 11.4. The molecule has 3 aliphatic heterocycles. The number of hydrogen-bond donors (Lipinski definition) is 1. The highest BCUT2D eigenvalue weighted by molar-refractivity contribution is 7.25. The van der Waals surface area contributed by atoms with Crippen LogP contribution in [0.25, 0.3) is 75.3 Å². The largest absolute Gasteiger partial charge is 0.485 e. The summed E-state index contributed by atoms with van der Waals surface area (Å²) >= 11 is 1.83. The molecule has 0 spiro atoms. The molecular weight excluding hydrogens is 877 g/mol. The summed E-state index contributed by atoms with van der Waals surface area (Å²) in [7, 11) is 0. The van der Waals surface area contributed by atoms with Gasteiger partial charge >= 0.3 is 0 Å². The Balaban J connectivity index is 0.950. The number of nitrogens with zero attached hydrogens (tertiary/aromatic N) is 3. The zero-order valence-corrected chi connectivity index (χ0v) is 38.5. The van der Waals surface area contributed by atoms with E-state index in [0.717, 1.165) is 78.7 Å². The SMILES string of the molecule is C1=CC2Oc3ccc(C4=NC(c5cc(N6c7ccc8ccccc8c7C7=Cc8ccccc8CC76)cc6c5oc5c7ccccc7ccc65)=NC(c5ccc6sc7ccccc7c6c5)N4)cc3C2C=C1. The molecule has 9 aromatic carbocycles. The highest BCUT2D eigenvalue weighted by atomic mass is 32.1. The molecule has 70 heavy (non-hydrogen) atoms. The Bertz CT molecular complexity index is 4280. The van der Waals surface area contributed by atoms with E-state index in [9.17, 15) is 0 Å². The van der Waals surface area contributed by atoms with Crippen molar-refractivity contribution in [1.29, 1.82) is 0 Å². The van der Waals surface area contributed by atoms with Crippen LogP contribution in [0.5, 0.6) is 5.75 Å². The molecule has 330 valence electrons. The van der Waals surface area contributed by atoms with Gasteiger partial charge in [0.05, 0.1) is 11.6 Å². The van der Waals surface area contributed by atoms with E-state index in [4.69, 9.17) is 19.1 Å². The molecule has 11 aromatic rings. The van der Waals surface area contributed by atoms with E-state index in [1.165, 1.54) is 58.9 Å². The molecule has 16 rings (SSSR count). The zero-order chi connectivity index (χ0) is 45.6. The average Bonchev–Trinajstić information content (AvgIpc) is 4.18. The molecule has 0 radical (unpaired) electrons. The summed E-state index contributed by atoms with van der Waals surface area (Å²) < 4.78 is 16.2. The molecule has 6 nitrogen and oxygen atoms in total. The number of hydrogen-bond acceptors (Lipinski definition) is 7. The molecule has 0 fully saturated rings. The van der Waals surface area contributed by atoms with Crippen molar-refractivity contribution in [3.8, 4) is 5.75 Å². The minimum Gasteiger partial charge on any atom is -0.485 e. The van der Waals surface area contributed by atoms with Crippen LogP contribution in [0.3, 0.4) is 0 Å². The van der Waals surface area contributed by atoms with Crippen LogP contribution in [0.1, 0.15) is 51.0 Å². The predicted molar refractivity (Wildman–Crippen MR) is 289 cm³/mol. The van der Waals surface area contributed by atoms with E-state index in [2.05, 4.69) is 210 Å². The third-order valence-electron chi connectivity index (χ3n) is 15.3. The van der Waals surface area contributed by atoms with Crippen LogP contribution in [-0.4, -0.2) is 23.8 Å². The molecule has 5 heterocycles. The van der Waals surface area contributed by atoms with Gasteiger partial charge in [0.2, 0.25) is 0 Å². The summed E-state index contributed by atoms with van der Waals surface area (Å²) in [5.41, 5.74) is 13.2. The van der Waals surface area contributed by atoms with Gasteiger partial charge in [-0.25, -0.2) is 9.98 Å². The highest BCUT2D eigenvalue weighted by Gasteiger charge is 2.40. The number of amidine groups is 2. The number of nitrogens with one attached hydrogen (secondary N) is 1. The van der Waals surface area contributed by atoms with Crippen molar-refractivity contribution >= 4 is 110 Å². The van der Waals surface area contributed by atoms with Gasteiger partial charge in [-0.15, -0.1) is 11.3 Å². The molecular formula is C63H40N4O2S. The van der Waals surface area contributed by atoms with Crippen LogP contribution in [0.15, 0.2) is 209 Å². The minimum atomic E-state index is -0.451. The predicted octanol–water partition coefficient (Wildman–Crippen LogP) is 15.3. The number of benzene rings is 9. The lowest BCUT2D eigenvalue weighted by Crippen LogP contribution is -2.34. The molecule has 0 amide bonds. The van der Waals surface area contributed by atoms with Crippen LogP contribution in [-0.2, 0) is 6.42 Å². The van der Waals surface area contributed by atoms with Crippen LogP contribution in [0, 0.1) is 0 Å². The first kappa shape index (κ1) is 38.4. The van der Waals surface area contributed by atoms with Gasteiger partial charge in [0.1, 0.15) is 35.0 Å². The van der Waals surface area contributed by atoms with Crippen molar-refractivity contribution < 1.29 is 9.15 Å². The monoisotopic (exact) mass is 916 g/mol. The van der Waals surface area contributed by atoms with Crippen LogP contribution in [0.4, 0.5) is 11.4 Å². The summed E-state index contributed by atoms with van der Waals surface area (Å²) in [6, 6.07) is 61.9. The van der Waals surface area contributed by atoms with Gasteiger partial charge in [0.25, 0.3) is 0 Å². The van der Waals surface area contributed by atoms with Gasteiger partial charge in [0.15, 0.2) is 5.84 Å². The highest BCUT2D eigenvalue weighted by Crippen LogP contribution is 2.53. The number of furan rings is 1. The van der Waals surface area contributed by atoms with Gasteiger partial charge in [-0.2, -0.15) is 0 Å². The number of allylic oxidation sites excluding steroid dienone is 2. The average molecular weight is 917 g/mol. The lowest BCUT2D eigenvalue weighted by Gasteiger charge is -2.31. The first-order valence-corrected chi connectivity index (χ1v) is 25.0. The first-order valence-electron chi connectivity index (χ1n) is 24.1. The summed E-state index contributed by atoms with van der Waals surface area (Å²) in [4.78, 5) is 13.8. The second kappa shape index (κ2) is 14.5. The number of rotatable bonds is 4. The second-order valence-electron chi connectivity index (χ2n) is 19.1. The molecule has 7 heteroatoms. The molecule has 0 saturated carbocycles. The molecule has 1 N–H and O–H groups in total. The van der Waals surface area contributed by atoms with E-state index in [0.29, 0.717) is 5.84 Å². The Morgan fingerprint density at radius 3 is 2.37 bits per heavy atom. The molecule has 2 aliphatic carbocycles. The molecule has 4 unspecified atom stereocenters. The zero-order valence-electron chi connectivity index (χ0n) is 37.6. The fourth-order valence-electron chi connectivity index (χ4n) is 12.0. The van der Waals surface area contributed by atoms with Crippen molar-refractivity contribution in [2.24, 2.45) is 9.98 Å². The topological polar surface area (TPSA) is 62.4 Å². The van der Waals surface area contributed by atoms with E-state index in [1.807, 2.05) is 11.3 Å². The van der Waals surface area contributed by atoms with Gasteiger partial charge < -0.3 is 19.4 Å². The number of ether oxygens (including phenoxy) is 1. The number of thiophene rings is 1. The summed E-state index contributed by atoms with van der Waals surface area (Å²) in [5.74, 6) is 2.41. The summed E-state index contributed by atoms with van der Waals surface area (Å²) in [6.45, 7) is 0. The van der Waals surface area contributed by atoms with Gasteiger partial charge in [-0.3, -0.25) is 0 Å². The smallest absolute Gasteiger partial charge is 0.163 e. The van der Waals surface area contributed by atoms with Gasteiger partial charge in [-0.1, -0.05) is 127 Å². The van der Waals surface area contributed by atoms with E-state index in [1.54, 1.807) is 0 Å². The van der Waals surface area contributed by atoms with E-state index < -0.39 is 6.17 Å². The molecule has 0 saturated heterocycles. The van der Waals surface area contributed by atoms with Crippen molar-refractivity contribution in [2.75, 3.05) is 4.90 Å². The Hall–Kier alpha value is -8.52. The van der Waals surface area contributed by atoms with Crippen molar-refractivity contribution in [3.05, 3.63) is 233 Å². The normalized spacial score (nSPS) is 19.7. The Labute approximate surface area is 406 Å². The van der Waals surface area contributed by atoms with Gasteiger partial charge in [0, 0.05) is 70.3 Å². The van der Waals surface area contributed by atoms with Crippen LogP contribution < -0.4 is 15.0 Å². The van der Waals surface area contributed by atoms with Crippen LogP contribution in [0.2, 0.25) is 0 Å². The maximum atomic E-state index is 7.22. The third kappa shape index (κ3) is 5.61. The van der Waals surface area contributed by atoms with E-state index in [-0.39, 0.29) is 18.1 Å². The Morgan fingerprint density at radius 2 is 1.43 bits per heavy atom. The molecule has 4 atom stereocenters. The number of aliphatic imine (C=N–C) groups is 2. The molecule has 5 aliphatic rings. The maximum absolute atomic E-state index is 7.22. The minimum absolute atomic E-state index is 0.0181. The van der Waals surface area contributed by atoms with Crippen LogP contribution >= 0.6 is 11.3 Å². The fourth-order valence-corrected chi connectivity index (χ4v) is 13.1. The van der Waals surface area contributed by atoms with Gasteiger partial charge in [-0.05, 0) is 118 Å².